The Morgan fingerprint density at radius 2 is 2.27 bits per heavy atom. The highest BCUT2D eigenvalue weighted by Crippen LogP contribution is 2.34. The van der Waals surface area contributed by atoms with E-state index < -0.39 is 36.3 Å². The van der Waals surface area contributed by atoms with Crippen molar-refractivity contribution < 1.29 is 20.1 Å². The van der Waals surface area contributed by atoms with E-state index in [1.165, 1.54) is 12.3 Å². The van der Waals surface area contributed by atoms with Crippen LogP contribution in [0.15, 0.2) is 17.1 Å². The fourth-order valence-electron chi connectivity index (χ4n) is 2.47. The molecule has 0 bridgehead atoms. The standard InChI is InChI=1S/C13H16N4O5/c14-6-13(11(20)10(19)8(5-18)22-13)17-4-3-9(16-12(17)21)15-7-1-2-7/h3-4,7-8,10-11,18-20H,1-2,5H2,(H,15,16,21). The van der Waals surface area contributed by atoms with Gasteiger partial charge in [-0.25, -0.2) is 4.79 Å². The average Bonchev–Trinajstić information content (AvgIpc) is 3.28. The first-order valence-electron chi connectivity index (χ1n) is 6.94. The lowest BCUT2D eigenvalue weighted by atomic mass is 10.0. The van der Waals surface area contributed by atoms with Gasteiger partial charge in [-0.05, 0) is 18.9 Å². The molecule has 4 N–H and O–H groups in total. The fourth-order valence-corrected chi connectivity index (χ4v) is 2.47. The van der Waals surface area contributed by atoms with Crippen molar-refractivity contribution >= 4 is 5.82 Å². The number of ether oxygens (including phenoxy) is 1. The van der Waals surface area contributed by atoms with Crippen LogP contribution in [-0.2, 0) is 10.5 Å². The van der Waals surface area contributed by atoms with Crippen LogP contribution in [0.2, 0.25) is 0 Å². The van der Waals surface area contributed by atoms with E-state index in [0.29, 0.717) is 11.9 Å². The summed E-state index contributed by atoms with van der Waals surface area (Å²) in [7, 11) is 0. The summed E-state index contributed by atoms with van der Waals surface area (Å²) in [6, 6.07) is 3.51. The summed E-state index contributed by atoms with van der Waals surface area (Å²) in [6.45, 7) is -0.592. The molecule has 4 unspecified atom stereocenters. The zero-order valence-corrected chi connectivity index (χ0v) is 11.6. The van der Waals surface area contributed by atoms with Gasteiger partial charge in [0.15, 0.2) is 0 Å². The van der Waals surface area contributed by atoms with Crippen LogP contribution in [-0.4, -0.2) is 55.8 Å². The molecule has 9 nitrogen and oxygen atoms in total. The van der Waals surface area contributed by atoms with Gasteiger partial charge in [0.1, 0.15) is 30.2 Å². The van der Waals surface area contributed by atoms with Gasteiger partial charge in [0.25, 0.3) is 5.72 Å². The Morgan fingerprint density at radius 3 is 2.77 bits per heavy atom. The number of nitriles is 1. The van der Waals surface area contributed by atoms with Crippen molar-refractivity contribution in [1.82, 2.24) is 9.55 Å². The van der Waals surface area contributed by atoms with Gasteiger partial charge in [-0.2, -0.15) is 10.2 Å². The molecule has 9 heteroatoms. The predicted octanol–water partition coefficient (Wildman–Crippen LogP) is -1.89. The Morgan fingerprint density at radius 1 is 1.55 bits per heavy atom. The highest BCUT2D eigenvalue weighted by atomic mass is 16.6. The predicted molar refractivity (Wildman–Crippen MR) is 72.7 cm³/mol. The van der Waals surface area contributed by atoms with Crippen LogP contribution in [0.25, 0.3) is 0 Å². The van der Waals surface area contributed by atoms with Crippen molar-refractivity contribution in [1.29, 1.82) is 5.26 Å². The second-order valence-corrected chi connectivity index (χ2v) is 5.47. The number of hydrogen-bond acceptors (Lipinski definition) is 8. The Bertz CT molecular complexity index is 667. The minimum absolute atomic E-state index is 0.307. The number of anilines is 1. The average molecular weight is 308 g/mol. The molecule has 118 valence electrons. The Kier molecular flexibility index (Phi) is 3.62. The Balaban J connectivity index is 1.97. The van der Waals surface area contributed by atoms with Crippen LogP contribution in [0.5, 0.6) is 0 Å². The van der Waals surface area contributed by atoms with Crippen LogP contribution in [0.4, 0.5) is 5.82 Å². The molecule has 0 spiro atoms. The highest BCUT2D eigenvalue weighted by molar-refractivity contribution is 5.35. The van der Waals surface area contributed by atoms with Crippen LogP contribution in [0.1, 0.15) is 12.8 Å². The molecule has 2 aliphatic rings. The minimum atomic E-state index is -2.12. The van der Waals surface area contributed by atoms with E-state index in [1.54, 1.807) is 6.07 Å². The number of aliphatic hydroxyl groups excluding tert-OH is 3. The lowest BCUT2D eigenvalue weighted by Crippen LogP contribution is -2.49. The van der Waals surface area contributed by atoms with Gasteiger partial charge in [-0.15, -0.1) is 0 Å². The maximum Gasteiger partial charge on any atom is 0.352 e. The number of nitrogens with one attached hydrogen (secondary N) is 1. The molecule has 1 saturated heterocycles. The maximum absolute atomic E-state index is 12.2. The van der Waals surface area contributed by atoms with E-state index in [1.807, 2.05) is 0 Å². The van der Waals surface area contributed by atoms with Crippen LogP contribution in [0.3, 0.4) is 0 Å². The van der Waals surface area contributed by atoms with Crippen LogP contribution >= 0.6 is 0 Å². The molecular formula is C13H16N4O5. The molecule has 2 heterocycles. The first kappa shape index (κ1) is 14.9. The summed E-state index contributed by atoms with van der Waals surface area (Å²) in [4.78, 5) is 16.0. The Hall–Kier alpha value is -1.99. The lowest BCUT2D eigenvalue weighted by molar-refractivity contribution is -0.109. The molecule has 1 aliphatic carbocycles. The molecule has 0 amide bonds. The van der Waals surface area contributed by atoms with E-state index in [-0.39, 0.29) is 0 Å². The summed E-state index contributed by atoms with van der Waals surface area (Å²) in [5.74, 6) is 0.378. The lowest BCUT2D eigenvalue weighted by Gasteiger charge is -2.26. The monoisotopic (exact) mass is 308 g/mol. The number of nitrogens with zero attached hydrogens (tertiary/aromatic N) is 3. The fraction of sp³-hybridized carbons (Fsp3) is 0.615. The molecule has 22 heavy (non-hydrogen) atoms. The number of rotatable bonds is 4. The van der Waals surface area contributed by atoms with Gasteiger partial charge in [0.2, 0.25) is 0 Å². The van der Waals surface area contributed by atoms with Crippen molar-refractivity contribution in [2.75, 3.05) is 11.9 Å². The third kappa shape index (κ3) is 2.26. The van der Waals surface area contributed by atoms with E-state index in [2.05, 4.69) is 10.3 Å². The molecule has 1 saturated carbocycles. The van der Waals surface area contributed by atoms with E-state index in [4.69, 9.17) is 9.84 Å². The van der Waals surface area contributed by atoms with Gasteiger partial charge in [-0.1, -0.05) is 0 Å². The molecule has 3 rings (SSSR count). The van der Waals surface area contributed by atoms with Crippen molar-refractivity contribution in [2.45, 2.75) is 42.9 Å². The summed E-state index contributed by atoms with van der Waals surface area (Å²) < 4.78 is 6.09. The van der Waals surface area contributed by atoms with E-state index >= 15 is 0 Å². The third-order valence-electron chi connectivity index (χ3n) is 3.87. The topological polar surface area (TPSA) is 141 Å². The largest absolute Gasteiger partial charge is 0.394 e. The van der Waals surface area contributed by atoms with Crippen molar-refractivity contribution in [2.24, 2.45) is 0 Å². The smallest absolute Gasteiger partial charge is 0.352 e. The Labute approximate surface area is 125 Å². The first-order valence-corrected chi connectivity index (χ1v) is 6.94. The number of aromatic nitrogens is 2. The zero-order valence-electron chi connectivity index (χ0n) is 11.6. The third-order valence-corrected chi connectivity index (χ3v) is 3.87. The molecular weight excluding hydrogens is 292 g/mol. The second-order valence-electron chi connectivity index (χ2n) is 5.47. The summed E-state index contributed by atoms with van der Waals surface area (Å²) in [5, 5.41) is 41.5. The van der Waals surface area contributed by atoms with Gasteiger partial charge in [-0.3, -0.25) is 4.57 Å². The van der Waals surface area contributed by atoms with E-state index in [0.717, 1.165) is 17.4 Å². The first-order chi connectivity index (χ1) is 10.5. The molecule has 0 aromatic carbocycles. The molecule has 2 fully saturated rings. The minimum Gasteiger partial charge on any atom is -0.394 e. The van der Waals surface area contributed by atoms with Crippen molar-refractivity contribution in [3.8, 4) is 6.07 Å². The second kappa shape index (κ2) is 5.33. The van der Waals surface area contributed by atoms with Gasteiger partial charge >= 0.3 is 5.69 Å². The molecule has 1 aromatic rings. The molecule has 0 radical (unpaired) electrons. The maximum atomic E-state index is 12.2. The van der Waals surface area contributed by atoms with Gasteiger partial charge < -0.3 is 25.4 Å². The zero-order chi connectivity index (χ0) is 15.9. The summed E-state index contributed by atoms with van der Waals surface area (Å²) in [5.41, 5.74) is -2.91. The molecule has 4 atom stereocenters. The van der Waals surface area contributed by atoms with Crippen LogP contribution in [0, 0.1) is 11.3 Å². The van der Waals surface area contributed by atoms with Crippen molar-refractivity contribution in [3.63, 3.8) is 0 Å². The number of aliphatic hydroxyl groups is 3. The van der Waals surface area contributed by atoms with E-state index in [9.17, 15) is 20.3 Å². The van der Waals surface area contributed by atoms with Gasteiger partial charge in [0.05, 0.1) is 6.61 Å². The SMILES string of the molecule is N#CC1(n2ccc(NC3CC3)nc2=O)OC(CO)C(O)C1O. The quantitative estimate of drug-likeness (QED) is 0.506. The van der Waals surface area contributed by atoms with Crippen molar-refractivity contribution in [3.05, 3.63) is 22.7 Å². The molecule has 1 aliphatic heterocycles. The summed E-state index contributed by atoms with van der Waals surface area (Å²) in [6.07, 6.45) is -1.03. The van der Waals surface area contributed by atoms with Crippen LogP contribution < -0.4 is 11.0 Å². The van der Waals surface area contributed by atoms with Gasteiger partial charge in [0, 0.05) is 12.2 Å². The molecule has 1 aromatic heterocycles. The highest BCUT2D eigenvalue weighted by Gasteiger charge is 2.56. The number of hydrogen-bond donors (Lipinski definition) is 4. The summed E-state index contributed by atoms with van der Waals surface area (Å²) >= 11 is 0. The normalized spacial score (nSPS) is 34.4.